The maximum Gasteiger partial charge on any atom is 0.203 e. The highest BCUT2D eigenvalue weighted by Crippen LogP contribution is 2.38. The third kappa shape index (κ3) is 4.96. The summed E-state index contributed by atoms with van der Waals surface area (Å²) >= 11 is 6.18. The quantitative estimate of drug-likeness (QED) is 0.682. The van der Waals surface area contributed by atoms with E-state index < -0.39 is 0 Å². The molecule has 7 heteroatoms. The van der Waals surface area contributed by atoms with Crippen molar-refractivity contribution in [3.8, 4) is 17.2 Å². The van der Waals surface area contributed by atoms with Crippen molar-refractivity contribution in [1.29, 1.82) is 0 Å². The minimum Gasteiger partial charge on any atom is -0.493 e. The zero-order chi connectivity index (χ0) is 19.4. The molecule has 0 amide bonds. The molecule has 1 aliphatic heterocycles. The maximum absolute atomic E-state index is 6.18. The van der Waals surface area contributed by atoms with Crippen LogP contribution in [0.25, 0.3) is 0 Å². The van der Waals surface area contributed by atoms with Crippen molar-refractivity contribution in [2.24, 2.45) is 0 Å². The summed E-state index contributed by atoms with van der Waals surface area (Å²) in [7, 11) is 4.91. The van der Waals surface area contributed by atoms with Crippen LogP contribution in [-0.2, 0) is 6.54 Å². The molecule has 0 aliphatic carbocycles. The molecule has 0 unspecified atom stereocenters. The zero-order valence-corrected chi connectivity index (χ0v) is 18.4. The highest BCUT2D eigenvalue weighted by atomic mass is 35.5. The van der Waals surface area contributed by atoms with Crippen LogP contribution in [0.3, 0.4) is 0 Å². The number of hydrogen-bond acceptors (Lipinski definition) is 5. The van der Waals surface area contributed by atoms with E-state index in [9.17, 15) is 0 Å². The molecule has 0 radical (unpaired) electrons. The lowest BCUT2D eigenvalue weighted by molar-refractivity contribution is 0.248. The van der Waals surface area contributed by atoms with E-state index >= 15 is 0 Å². The number of piperazine rings is 1. The van der Waals surface area contributed by atoms with Crippen LogP contribution in [0.2, 0.25) is 5.02 Å². The van der Waals surface area contributed by atoms with Crippen LogP contribution in [0.5, 0.6) is 17.2 Å². The van der Waals surface area contributed by atoms with Gasteiger partial charge in [-0.05, 0) is 42.3 Å². The Bertz CT molecular complexity index is 768. The van der Waals surface area contributed by atoms with Gasteiger partial charge in [0, 0.05) is 43.4 Å². The number of aryl methyl sites for hydroxylation is 1. The second-order valence-corrected chi connectivity index (χ2v) is 7.16. The molecule has 28 heavy (non-hydrogen) atoms. The molecule has 2 aromatic rings. The summed E-state index contributed by atoms with van der Waals surface area (Å²) in [6, 6.07) is 10.1. The van der Waals surface area contributed by atoms with Gasteiger partial charge >= 0.3 is 0 Å². The standard InChI is InChI=1S/C21H27ClN2O3.ClH/c1-15-5-6-17(22)13-18(15)24-9-7-23(8-10-24)14-16-11-19(25-2)21(27-4)20(12-16)26-3;/h5-6,11-13H,7-10,14H2,1-4H3;1H. The van der Waals surface area contributed by atoms with Crippen molar-refractivity contribution in [2.45, 2.75) is 13.5 Å². The molecule has 3 rings (SSSR count). The van der Waals surface area contributed by atoms with Gasteiger partial charge in [-0.25, -0.2) is 0 Å². The van der Waals surface area contributed by atoms with Gasteiger partial charge in [0.2, 0.25) is 5.75 Å². The second kappa shape index (κ2) is 10.1. The van der Waals surface area contributed by atoms with Crippen molar-refractivity contribution in [3.63, 3.8) is 0 Å². The van der Waals surface area contributed by atoms with E-state index in [1.807, 2.05) is 18.2 Å². The third-order valence-corrected chi connectivity index (χ3v) is 5.25. The van der Waals surface area contributed by atoms with Crippen molar-refractivity contribution in [2.75, 3.05) is 52.4 Å². The fraction of sp³-hybridized carbons (Fsp3) is 0.429. The molecule has 154 valence electrons. The molecule has 1 fully saturated rings. The van der Waals surface area contributed by atoms with E-state index in [4.69, 9.17) is 25.8 Å². The number of benzene rings is 2. The Morgan fingerprint density at radius 1 is 0.893 bits per heavy atom. The second-order valence-electron chi connectivity index (χ2n) is 6.73. The van der Waals surface area contributed by atoms with Crippen LogP contribution in [0, 0.1) is 6.92 Å². The lowest BCUT2D eigenvalue weighted by atomic mass is 10.1. The summed E-state index contributed by atoms with van der Waals surface area (Å²) in [4.78, 5) is 4.85. The van der Waals surface area contributed by atoms with Crippen molar-refractivity contribution in [1.82, 2.24) is 4.90 Å². The maximum atomic E-state index is 6.18. The Morgan fingerprint density at radius 2 is 1.50 bits per heavy atom. The lowest BCUT2D eigenvalue weighted by Gasteiger charge is -2.37. The average molecular weight is 427 g/mol. The van der Waals surface area contributed by atoms with Gasteiger partial charge in [0.05, 0.1) is 21.3 Å². The molecule has 0 aromatic heterocycles. The SMILES string of the molecule is COc1cc(CN2CCN(c3cc(Cl)ccc3C)CC2)cc(OC)c1OC.Cl. The largest absolute Gasteiger partial charge is 0.493 e. The number of nitrogens with zero attached hydrogens (tertiary/aromatic N) is 2. The molecule has 0 bridgehead atoms. The summed E-state index contributed by atoms with van der Waals surface area (Å²) in [6.07, 6.45) is 0. The monoisotopic (exact) mass is 426 g/mol. The molecule has 2 aromatic carbocycles. The zero-order valence-electron chi connectivity index (χ0n) is 16.8. The number of ether oxygens (including phenoxy) is 3. The predicted octanol–water partition coefficient (Wildman–Crippen LogP) is 4.42. The molecule has 1 heterocycles. The van der Waals surface area contributed by atoms with Crippen LogP contribution in [0.15, 0.2) is 30.3 Å². The van der Waals surface area contributed by atoms with E-state index in [1.54, 1.807) is 21.3 Å². The van der Waals surface area contributed by atoms with Gasteiger partial charge in [-0.2, -0.15) is 0 Å². The first kappa shape index (κ1) is 22.5. The van der Waals surface area contributed by atoms with Crippen LogP contribution in [0.4, 0.5) is 5.69 Å². The first-order valence-electron chi connectivity index (χ1n) is 9.08. The molecule has 5 nitrogen and oxygen atoms in total. The molecule has 1 saturated heterocycles. The normalized spacial score (nSPS) is 14.4. The molecule has 0 saturated carbocycles. The highest BCUT2D eigenvalue weighted by molar-refractivity contribution is 6.30. The molecule has 1 aliphatic rings. The van der Waals surface area contributed by atoms with Crippen LogP contribution >= 0.6 is 24.0 Å². The number of methoxy groups -OCH3 is 3. The first-order valence-corrected chi connectivity index (χ1v) is 9.46. The van der Waals surface area contributed by atoms with Crippen molar-refractivity contribution < 1.29 is 14.2 Å². The number of halogens is 2. The molecule has 0 spiro atoms. The number of rotatable bonds is 6. The van der Waals surface area contributed by atoms with Crippen LogP contribution in [0.1, 0.15) is 11.1 Å². The predicted molar refractivity (Wildman–Crippen MR) is 117 cm³/mol. The molecular weight excluding hydrogens is 399 g/mol. The molecule has 0 atom stereocenters. The Kier molecular flexibility index (Phi) is 8.10. The van der Waals surface area contributed by atoms with Gasteiger partial charge in [-0.1, -0.05) is 17.7 Å². The highest BCUT2D eigenvalue weighted by Gasteiger charge is 2.20. The average Bonchev–Trinajstić information content (AvgIpc) is 2.69. The van der Waals surface area contributed by atoms with Crippen LogP contribution in [-0.4, -0.2) is 52.4 Å². The van der Waals surface area contributed by atoms with Crippen molar-refractivity contribution in [3.05, 3.63) is 46.5 Å². The Morgan fingerprint density at radius 3 is 2.04 bits per heavy atom. The molecular formula is C21H28Cl2N2O3. The Balaban J connectivity index is 0.00000280. The van der Waals surface area contributed by atoms with Gasteiger partial charge in [-0.15, -0.1) is 12.4 Å². The summed E-state index contributed by atoms with van der Waals surface area (Å²) < 4.78 is 16.3. The topological polar surface area (TPSA) is 34.2 Å². The Labute approximate surface area is 178 Å². The lowest BCUT2D eigenvalue weighted by Crippen LogP contribution is -2.46. The van der Waals surface area contributed by atoms with E-state index in [1.165, 1.54) is 11.3 Å². The summed E-state index contributed by atoms with van der Waals surface area (Å²) in [5.74, 6) is 2.02. The van der Waals surface area contributed by atoms with Gasteiger partial charge in [-0.3, -0.25) is 4.90 Å². The third-order valence-electron chi connectivity index (χ3n) is 5.01. The minimum absolute atomic E-state index is 0. The van der Waals surface area contributed by atoms with E-state index in [2.05, 4.69) is 28.9 Å². The summed E-state index contributed by atoms with van der Waals surface area (Å²) in [5.41, 5.74) is 3.64. The van der Waals surface area contributed by atoms with Gasteiger partial charge in [0.25, 0.3) is 0 Å². The first-order chi connectivity index (χ1) is 13.0. The Hall–Kier alpha value is -1.82. The van der Waals surface area contributed by atoms with Crippen molar-refractivity contribution >= 4 is 29.7 Å². The number of hydrogen-bond donors (Lipinski definition) is 0. The smallest absolute Gasteiger partial charge is 0.203 e. The summed E-state index contributed by atoms with van der Waals surface area (Å²) in [6.45, 7) is 6.91. The summed E-state index contributed by atoms with van der Waals surface area (Å²) in [5, 5.41) is 0.787. The van der Waals surface area contributed by atoms with Gasteiger partial charge in [0.15, 0.2) is 11.5 Å². The number of anilines is 1. The van der Waals surface area contributed by atoms with E-state index in [-0.39, 0.29) is 12.4 Å². The fourth-order valence-electron chi connectivity index (χ4n) is 3.55. The van der Waals surface area contributed by atoms with Gasteiger partial charge < -0.3 is 19.1 Å². The van der Waals surface area contributed by atoms with Gasteiger partial charge in [0.1, 0.15) is 0 Å². The van der Waals surface area contributed by atoms with E-state index in [0.29, 0.717) is 17.2 Å². The molecule has 0 N–H and O–H groups in total. The van der Waals surface area contributed by atoms with E-state index in [0.717, 1.165) is 43.3 Å². The minimum atomic E-state index is 0. The fourth-order valence-corrected chi connectivity index (χ4v) is 3.72. The van der Waals surface area contributed by atoms with Crippen LogP contribution < -0.4 is 19.1 Å².